The van der Waals surface area contributed by atoms with Crippen LogP contribution in [0.5, 0.6) is 0 Å². The smallest absolute Gasteiger partial charge is 0.306 e. The Labute approximate surface area is 122 Å². The lowest BCUT2D eigenvalue weighted by Gasteiger charge is -2.34. The van der Waals surface area contributed by atoms with E-state index in [9.17, 15) is 9.59 Å². The molecule has 1 fully saturated rings. The molecule has 0 atom stereocenters. The van der Waals surface area contributed by atoms with Crippen molar-refractivity contribution in [2.45, 2.75) is 52.5 Å². The van der Waals surface area contributed by atoms with Gasteiger partial charge in [-0.3, -0.25) is 9.59 Å². The van der Waals surface area contributed by atoms with Gasteiger partial charge in [-0.15, -0.1) is 0 Å². The molecule has 20 heavy (non-hydrogen) atoms. The Morgan fingerprint density at radius 1 is 1.25 bits per heavy atom. The zero-order valence-corrected chi connectivity index (χ0v) is 13.0. The van der Waals surface area contributed by atoms with E-state index in [1.165, 1.54) is 0 Å². The average molecular weight is 284 g/mol. The number of hydrogen-bond donors (Lipinski definition) is 1. The van der Waals surface area contributed by atoms with Crippen LogP contribution in [0.4, 0.5) is 0 Å². The maximum atomic E-state index is 11.6. The molecule has 5 nitrogen and oxygen atoms in total. The Morgan fingerprint density at radius 2 is 1.90 bits per heavy atom. The van der Waals surface area contributed by atoms with Crippen molar-refractivity contribution in [1.82, 2.24) is 10.2 Å². The molecular weight excluding hydrogens is 256 g/mol. The molecule has 116 valence electrons. The maximum Gasteiger partial charge on any atom is 0.306 e. The number of hydrogen-bond acceptors (Lipinski definition) is 4. The zero-order valence-electron chi connectivity index (χ0n) is 13.0. The minimum Gasteiger partial charge on any atom is -0.466 e. The van der Waals surface area contributed by atoms with Crippen LogP contribution in [0.3, 0.4) is 0 Å². The topological polar surface area (TPSA) is 58.6 Å². The molecule has 0 unspecified atom stereocenters. The molecule has 0 aliphatic carbocycles. The molecule has 1 aliphatic heterocycles. The van der Waals surface area contributed by atoms with E-state index in [0.717, 1.165) is 32.5 Å². The van der Waals surface area contributed by atoms with E-state index >= 15 is 0 Å². The molecule has 1 amide bonds. The number of carbonyl (C=O) groups is 2. The molecule has 0 bridgehead atoms. The van der Waals surface area contributed by atoms with Crippen LogP contribution in [0.15, 0.2) is 0 Å². The van der Waals surface area contributed by atoms with Crippen molar-refractivity contribution in [3.05, 3.63) is 0 Å². The molecule has 0 saturated carbocycles. The molecular formula is C15H28N2O3. The fourth-order valence-corrected chi connectivity index (χ4v) is 2.47. The zero-order chi connectivity index (χ0) is 15.0. The molecule has 0 aromatic heterocycles. The predicted octanol–water partition coefficient (Wildman–Crippen LogP) is 1.57. The molecule has 0 radical (unpaired) electrons. The second-order valence-corrected chi connectivity index (χ2v) is 5.68. The first-order valence-electron chi connectivity index (χ1n) is 7.69. The highest BCUT2D eigenvalue weighted by Gasteiger charge is 2.21. The standard InChI is InChI=1S/C15H28N2O3/c1-4-20-15(19)6-5-14(18)16-11-13-7-9-17(10-8-13)12(2)3/h12-13H,4-11H2,1-3H3,(H,16,18). The summed E-state index contributed by atoms with van der Waals surface area (Å²) in [5.74, 6) is 0.216. The molecule has 1 aliphatic rings. The van der Waals surface area contributed by atoms with E-state index in [2.05, 4.69) is 24.1 Å². The van der Waals surface area contributed by atoms with Gasteiger partial charge in [-0.2, -0.15) is 0 Å². The molecule has 1 N–H and O–H groups in total. The second kappa shape index (κ2) is 8.95. The van der Waals surface area contributed by atoms with Crippen LogP contribution in [0.25, 0.3) is 0 Å². The molecule has 0 aromatic rings. The van der Waals surface area contributed by atoms with Gasteiger partial charge < -0.3 is 15.0 Å². The lowest BCUT2D eigenvalue weighted by Crippen LogP contribution is -2.41. The molecule has 0 aromatic carbocycles. The normalized spacial score (nSPS) is 17.2. The Bertz CT molecular complexity index is 310. The van der Waals surface area contributed by atoms with E-state index in [-0.39, 0.29) is 24.7 Å². The Hall–Kier alpha value is -1.10. The minimum absolute atomic E-state index is 0.0515. The largest absolute Gasteiger partial charge is 0.466 e. The van der Waals surface area contributed by atoms with E-state index in [1.807, 2.05) is 0 Å². The van der Waals surface area contributed by atoms with Gasteiger partial charge in [-0.1, -0.05) is 0 Å². The van der Waals surface area contributed by atoms with Crippen molar-refractivity contribution in [1.29, 1.82) is 0 Å². The van der Waals surface area contributed by atoms with Gasteiger partial charge in [0.25, 0.3) is 0 Å². The van der Waals surface area contributed by atoms with Crippen molar-refractivity contribution in [2.75, 3.05) is 26.2 Å². The van der Waals surface area contributed by atoms with Gasteiger partial charge >= 0.3 is 5.97 Å². The van der Waals surface area contributed by atoms with Gasteiger partial charge in [0.05, 0.1) is 13.0 Å². The Kier molecular flexibility index (Phi) is 7.59. The van der Waals surface area contributed by atoms with Crippen LogP contribution < -0.4 is 5.32 Å². The first-order chi connectivity index (χ1) is 9.52. The van der Waals surface area contributed by atoms with Gasteiger partial charge in [-0.05, 0) is 52.6 Å². The van der Waals surface area contributed by atoms with Crippen molar-refractivity contribution in [2.24, 2.45) is 5.92 Å². The number of carbonyl (C=O) groups excluding carboxylic acids is 2. The number of piperidine rings is 1. The van der Waals surface area contributed by atoms with Crippen LogP contribution in [-0.2, 0) is 14.3 Å². The summed E-state index contributed by atoms with van der Waals surface area (Å²) in [5, 5.41) is 2.93. The summed E-state index contributed by atoms with van der Waals surface area (Å²) in [5.41, 5.74) is 0. The summed E-state index contributed by atoms with van der Waals surface area (Å²) in [6.45, 7) is 9.53. The third-order valence-electron chi connectivity index (χ3n) is 3.83. The highest BCUT2D eigenvalue weighted by atomic mass is 16.5. The number of esters is 1. The number of rotatable bonds is 7. The number of nitrogens with zero attached hydrogens (tertiary/aromatic N) is 1. The van der Waals surface area contributed by atoms with Gasteiger partial charge in [-0.25, -0.2) is 0 Å². The van der Waals surface area contributed by atoms with Crippen LogP contribution >= 0.6 is 0 Å². The SMILES string of the molecule is CCOC(=O)CCC(=O)NCC1CCN(C(C)C)CC1. The minimum atomic E-state index is -0.298. The van der Waals surface area contributed by atoms with Gasteiger partial charge in [0.1, 0.15) is 0 Å². The third-order valence-corrected chi connectivity index (χ3v) is 3.83. The lowest BCUT2D eigenvalue weighted by atomic mass is 9.96. The third kappa shape index (κ3) is 6.37. The Balaban J connectivity index is 2.11. The van der Waals surface area contributed by atoms with Crippen LogP contribution in [0.1, 0.15) is 46.5 Å². The Morgan fingerprint density at radius 3 is 2.45 bits per heavy atom. The summed E-state index contributed by atoms with van der Waals surface area (Å²) < 4.78 is 4.80. The van der Waals surface area contributed by atoms with Crippen molar-refractivity contribution >= 4 is 11.9 Å². The van der Waals surface area contributed by atoms with Gasteiger partial charge in [0.15, 0.2) is 0 Å². The lowest BCUT2D eigenvalue weighted by molar-refractivity contribution is -0.144. The van der Waals surface area contributed by atoms with Crippen molar-refractivity contribution < 1.29 is 14.3 Å². The molecule has 1 rings (SSSR count). The maximum absolute atomic E-state index is 11.6. The van der Waals surface area contributed by atoms with E-state index in [0.29, 0.717) is 18.6 Å². The van der Waals surface area contributed by atoms with Gasteiger partial charge in [0.2, 0.25) is 5.91 Å². The summed E-state index contributed by atoms with van der Waals surface area (Å²) in [6, 6.07) is 0.607. The van der Waals surface area contributed by atoms with E-state index in [4.69, 9.17) is 4.74 Å². The second-order valence-electron chi connectivity index (χ2n) is 5.68. The molecule has 1 heterocycles. The molecule has 0 spiro atoms. The van der Waals surface area contributed by atoms with Crippen molar-refractivity contribution in [3.8, 4) is 0 Å². The quantitative estimate of drug-likeness (QED) is 0.721. The predicted molar refractivity (Wildman–Crippen MR) is 78.3 cm³/mol. The van der Waals surface area contributed by atoms with Crippen molar-refractivity contribution in [3.63, 3.8) is 0 Å². The highest BCUT2D eigenvalue weighted by Crippen LogP contribution is 2.18. The van der Waals surface area contributed by atoms with E-state index < -0.39 is 0 Å². The fourth-order valence-electron chi connectivity index (χ4n) is 2.47. The fraction of sp³-hybridized carbons (Fsp3) is 0.867. The highest BCUT2D eigenvalue weighted by molar-refractivity contribution is 5.81. The van der Waals surface area contributed by atoms with Crippen LogP contribution in [-0.4, -0.2) is 49.1 Å². The number of ether oxygens (including phenoxy) is 1. The summed E-state index contributed by atoms with van der Waals surface area (Å²) in [7, 11) is 0. The van der Waals surface area contributed by atoms with Gasteiger partial charge in [0, 0.05) is 19.0 Å². The number of likely N-dealkylation sites (tertiary alicyclic amines) is 1. The van der Waals surface area contributed by atoms with Crippen LogP contribution in [0.2, 0.25) is 0 Å². The molecule has 1 saturated heterocycles. The average Bonchev–Trinajstić information content (AvgIpc) is 2.43. The van der Waals surface area contributed by atoms with E-state index in [1.54, 1.807) is 6.92 Å². The first-order valence-corrected chi connectivity index (χ1v) is 7.69. The number of amides is 1. The summed E-state index contributed by atoms with van der Waals surface area (Å²) in [6.07, 6.45) is 2.67. The summed E-state index contributed by atoms with van der Waals surface area (Å²) in [4.78, 5) is 25.3. The monoisotopic (exact) mass is 284 g/mol. The van der Waals surface area contributed by atoms with Crippen LogP contribution in [0, 0.1) is 5.92 Å². The first kappa shape index (κ1) is 17.0. The molecule has 5 heteroatoms. The number of nitrogens with one attached hydrogen (secondary N) is 1. The summed E-state index contributed by atoms with van der Waals surface area (Å²) >= 11 is 0.